The molecule has 1 N–H and O–H groups in total. The van der Waals surface area contributed by atoms with Crippen molar-refractivity contribution in [2.24, 2.45) is 0 Å². The molecule has 0 bridgehead atoms. The first-order chi connectivity index (χ1) is 9.16. The Bertz CT molecular complexity index is 513. The summed E-state index contributed by atoms with van der Waals surface area (Å²) in [7, 11) is 0. The van der Waals surface area contributed by atoms with Crippen molar-refractivity contribution in [2.75, 3.05) is 17.7 Å². The molecule has 5 heteroatoms. The highest BCUT2D eigenvalue weighted by Gasteiger charge is 2.51. The Morgan fingerprint density at radius 2 is 2.05 bits per heavy atom. The van der Waals surface area contributed by atoms with Crippen molar-refractivity contribution in [1.29, 1.82) is 0 Å². The molecule has 1 aromatic rings. The maximum absolute atomic E-state index is 12.0. The first kappa shape index (κ1) is 12.5. The van der Waals surface area contributed by atoms with E-state index in [9.17, 15) is 9.59 Å². The van der Waals surface area contributed by atoms with E-state index in [2.05, 4.69) is 5.32 Å². The molecule has 1 aliphatic heterocycles. The van der Waals surface area contributed by atoms with Gasteiger partial charge in [0.25, 0.3) is 5.91 Å². The molecule has 1 saturated heterocycles. The maximum Gasteiger partial charge on any atom is 0.251 e. The Kier molecular flexibility index (Phi) is 3.01. The van der Waals surface area contributed by atoms with E-state index in [1.165, 1.54) is 0 Å². The number of thioether (sulfide) groups is 1. The Balaban J connectivity index is 1.59. The van der Waals surface area contributed by atoms with Gasteiger partial charge in [0.2, 0.25) is 5.91 Å². The zero-order chi connectivity index (χ0) is 13.5. The lowest BCUT2D eigenvalue weighted by atomic mass is 10.1. The van der Waals surface area contributed by atoms with Crippen molar-refractivity contribution in [3.63, 3.8) is 0 Å². The number of amides is 2. The van der Waals surface area contributed by atoms with Crippen molar-refractivity contribution >= 4 is 29.3 Å². The summed E-state index contributed by atoms with van der Waals surface area (Å²) in [5, 5.41) is 2.87. The molecule has 1 atom stereocenters. The molecule has 1 aliphatic carbocycles. The quantitative estimate of drug-likeness (QED) is 0.846. The van der Waals surface area contributed by atoms with Crippen LogP contribution in [0.3, 0.4) is 0 Å². The van der Waals surface area contributed by atoms with E-state index in [1.807, 2.05) is 36.6 Å². The van der Waals surface area contributed by atoms with Gasteiger partial charge in [-0.2, -0.15) is 0 Å². The van der Waals surface area contributed by atoms with Crippen LogP contribution in [0, 0.1) is 0 Å². The molecule has 1 saturated carbocycles. The molecule has 2 amide bonds. The van der Waals surface area contributed by atoms with Crippen molar-refractivity contribution in [2.45, 2.75) is 23.6 Å². The zero-order valence-corrected chi connectivity index (χ0v) is 11.6. The third-order valence-corrected chi connectivity index (χ3v) is 5.19. The molecular formula is C14H16N2O2S. The molecule has 19 heavy (non-hydrogen) atoms. The number of nitrogens with one attached hydrogen (secondary N) is 1. The average molecular weight is 276 g/mol. The summed E-state index contributed by atoms with van der Waals surface area (Å²) in [5.74, 6) is 0.00233. The Morgan fingerprint density at radius 3 is 2.58 bits per heavy atom. The Hall–Kier alpha value is -1.49. The van der Waals surface area contributed by atoms with Crippen LogP contribution in [0.1, 0.15) is 12.8 Å². The molecule has 0 radical (unpaired) electrons. The van der Waals surface area contributed by atoms with Gasteiger partial charge in [-0.3, -0.25) is 9.59 Å². The van der Waals surface area contributed by atoms with E-state index in [-0.39, 0.29) is 22.6 Å². The second-order valence-corrected chi connectivity index (χ2v) is 6.20. The van der Waals surface area contributed by atoms with Crippen LogP contribution in [0.2, 0.25) is 0 Å². The number of hydrogen-bond donors (Lipinski definition) is 1. The Morgan fingerprint density at radius 1 is 1.37 bits per heavy atom. The van der Waals surface area contributed by atoms with Gasteiger partial charge in [-0.15, -0.1) is 11.8 Å². The molecular weight excluding hydrogens is 260 g/mol. The van der Waals surface area contributed by atoms with Crippen LogP contribution in [0.15, 0.2) is 30.3 Å². The van der Waals surface area contributed by atoms with Crippen LogP contribution < -0.4 is 10.2 Å². The molecule has 3 rings (SSSR count). The smallest absolute Gasteiger partial charge is 0.251 e. The van der Waals surface area contributed by atoms with E-state index < -0.39 is 0 Å². The van der Waals surface area contributed by atoms with Crippen molar-refractivity contribution in [1.82, 2.24) is 5.32 Å². The van der Waals surface area contributed by atoms with E-state index in [0.717, 1.165) is 18.5 Å². The fraction of sp³-hybridized carbons (Fsp3) is 0.429. The number of hydrogen-bond acceptors (Lipinski definition) is 3. The van der Waals surface area contributed by atoms with Crippen LogP contribution in [-0.4, -0.2) is 35.4 Å². The van der Waals surface area contributed by atoms with Gasteiger partial charge in [-0.1, -0.05) is 18.2 Å². The van der Waals surface area contributed by atoms with Crippen molar-refractivity contribution in [3.05, 3.63) is 30.3 Å². The third-order valence-electron chi connectivity index (χ3n) is 3.81. The van der Waals surface area contributed by atoms with Crippen LogP contribution >= 0.6 is 11.8 Å². The number of nitrogens with zero attached hydrogens (tertiary/aromatic N) is 1. The van der Waals surface area contributed by atoms with Crippen LogP contribution in [0.25, 0.3) is 0 Å². The molecule has 1 heterocycles. The number of rotatable bonds is 4. The minimum absolute atomic E-state index is 0.0172. The summed E-state index contributed by atoms with van der Waals surface area (Å²) >= 11 is 1.58. The molecule has 0 unspecified atom stereocenters. The van der Waals surface area contributed by atoms with Gasteiger partial charge in [0.15, 0.2) is 0 Å². The highest BCUT2D eigenvalue weighted by atomic mass is 32.2. The zero-order valence-electron chi connectivity index (χ0n) is 10.8. The lowest BCUT2D eigenvalue weighted by Crippen LogP contribution is -2.65. The molecule has 1 aromatic carbocycles. The fourth-order valence-corrected chi connectivity index (χ4v) is 3.06. The summed E-state index contributed by atoms with van der Waals surface area (Å²) in [6.07, 6.45) is 3.79. The van der Waals surface area contributed by atoms with E-state index in [1.54, 1.807) is 16.7 Å². The fourth-order valence-electron chi connectivity index (χ4n) is 2.30. The first-order valence-corrected chi connectivity index (χ1v) is 7.61. The lowest BCUT2D eigenvalue weighted by Gasteiger charge is -2.39. The molecule has 2 fully saturated rings. The van der Waals surface area contributed by atoms with Gasteiger partial charge in [0.05, 0.1) is 11.3 Å². The first-order valence-electron chi connectivity index (χ1n) is 6.39. The average Bonchev–Trinajstić information content (AvgIpc) is 3.24. The molecule has 2 aliphatic rings. The van der Waals surface area contributed by atoms with E-state index in [0.29, 0.717) is 6.54 Å². The number of anilines is 1. The number of β-lactam (4-membered cyclic amide) rings is 1. The van der Waals surface area contributed by atoms with Crippen LogP contribution in [-0.2, 0) is 9.59 Å². The topological polar surface area (TPSA) is 49.4 Å². The van der Waals surface area contributed by atoms with Gasteiger partial charge >= 0.3 is 0 Å². The summed E-state index contributed by atoms with van der Waals surface area (Å²) in [5.41, 5.74) is 0.893. The minimum atomic E-state index is -0.350. The van der Waals surface area contributed by atoms with Crippen molar-refractivity contribution in [3.8, 4) is 0 Å². The van der Waals surface area contributed by atoms with E-state index in [4.69, 9.17) is 0 Å². The standard InChI is InChI=1S/C14H16N2O2S/c1-19-14(7-8-14)13(18)15-11-9-16(12(11)17)10-5-3-2-4-6-10/h2-6,11H,7-9H2,1H3,(H,15,18)/t11-/m0/s1. The largest absolute Gasteiger partial charge is 0.341 e. The highest BCUT2D eigenvalue weighted by molar-refractivity contribution is 8.01. The predicted molar refractivity (Wildman–Crippen MR) is 76.2 cm³/mol. The van der Waals surface area contributed by atoms with Gasteiger partial charge in [-0.25, -0.2) is 0 Å². The predicted octanol–water partition coefficient (Wildman–Crippen LogP) is 1.41. The summed E-state index contributed by atoms with van der Waals surface area (Å²) in [6.45, 7) is 0.568. The van der Waals surface area contributed by atoms with E-state index >= 15 is 0 Å². The molecule has 0 spiro atoms. The van der Waals surface area contributed by atoms with Crippen LogP contribution in [0.4, 0.5) is 5.69 Å². The second-order valence-electron chi connectivity index (χ2n) is 5.01. The van der Waals surface area contributed by atoms with Crippen molar-refractivity contribution < 1.29 is 9.59 Å². The lowest BCUT2D eigenvalue weighted by molar-refractivity contribution is -0.130. The monoisotopic (exact) mass is 276 g/mol. The minimum Gasteiger partial charge on any atom is -0.341 e. The number of carbonyl (C=O) groups excluding carboxylic acids is 2. The number of benzene rings is 1. The summed E-state index contributed by atoms with van der Waals surface area (Å²) in [6, 6.07) is 9.18. The van der Waals surface area contributed by atoms with Gasteiger partial charge in [0, 0.05) is 5.69 Å². The number of para-hydroxylation sites is 1. The van der Waals surface area contributed by atoms with Gasteiger partial charge < -0.3 is 10.2 Å². The highest BCUT2D eigenvalue weighted by Crippen LogP contribution is 2.47. The van der Waals surface area contributed by atoms with Gasteiger partial charge in [-0.05, 0) is 31.2 Å². The number of carbonyl (C=O) groups is 2. The molecule has 4 nitrogen and oxygen atoms in total. The summed E-state index contributed by atoms with van der Waals surface area (Å²) in [4.78, 5) is 25.8. The SMILES string of the molecule is CSC1(C(=O)N[C@H]2CN(c3ccccc3)C2=O)CC1. The molecule has 100 valence electrons. The Labute approximate surface area is 116 Å². The summed E-state index contributed by atoms with van der Waals surface area (Å²) < 4.78 is -0.257. The normalized spacial score (nSPS) is 23.7. The maximum atomic E-state index is 12.0. The van der Waals surface area contributed by atoms with Crippen LogP contribution in [0.5, 0.6) is 0 Å². The molecule has 0 aromatic heterocycles. The van der Waals surface area contributed by atoms with Gasteiger partial charge in [0.1, 0.15) is 6.04 Å². The third kappa shape index (κ3) is 2.12. The second kappa shape index (κ2) is 4.56.